The Balaban J connectivity index is 2.06. The minimum atomic E-state index is -3.58. The first-order valence-corrected chi connectivity index (χ1v) is 7.94. The second-order valence-electron chi connectivity index (χ2n) is 3.85. The number of aryl methyl sites for hydroxylation is 1. The summed E-state index contributed by atoms with van der Waals surface area (Å²) in [6.45, 7) is 0. The zero-order valence-corrected chi connectivity index (χ0v) is 12.5. The summed E-state index contributed by atoms with van der Waals surface area (Å²) in [6, 6.07) is 3.51. The lowest BCUT2D eigenvalue weighted by atomic mass is 10.2. The number of aromatic nitrogens is 3. The van der Waals surface area contributed by atoms with E-state index in [0.29, 0.717) is 6.42 Å². The summed E-state index contributed by atoms with van der Waals surface area (Å²) >= 11 is 11.5. The van der Waals surface area contributed by atoms with Crippen molar-refractivity contribution < 1.29 is 8.42 Å². The van der Waals surface area contributed by atoms with Crippen molar-refractivity contribution in [2.75, 3.05) is 10.5 Å². The number of nitrogens with one attached hydrogen (secondary N) is 1. The minimum Gasteiger partial charge on any atom is -0.266 e. The van der Waals surface area contributed by atoms with Crippen LogP contribution in [0.15, 0.2) is 30.9 Å². The van der Waals surface area contributed by atoms with Crippen LogP contribution in [0.3, 0.4) is 0 Å². The molecule has 0 aromatic carbocycles. The van der Waals surface area contributed by atoms with Gasteiger partial charge in [-0.15, -0.1) is 0 Å². The van der Waals surface area contributed by atoms with Gasteiger partial charge in [-0.05, 0) is 24.1 Å². The second-order valence-corrected chi connectivity index (χ2v) is 6.43. The Morgan fingerprint density at radius 1 is 1.15 bits per heavy atom. The van der Waals surface area contributed by atoms with Crippen molar-refractivity contribution in [1.29, 1.82) is 0 Å². The van der Waals surface area contributed by atoms with Crippen molar-refractivity contribution in [3.63, 3.8) is 0 Å². The lowest BCUT2D eigenvalue weighted by molar-refractivity contribution is 0.600. The molecule has 2 aromatic rings. The molecule has 2 heterocycles. The molecular weight excluding hydrogens is 323 g/mol. The molecule has 6 nitrogen and oxygen atoms in total. The average Bonchev–Trinajstić information content (AvgIpc) is 2.43. The molecule has 0 bridgehead atoms. The van der Waals surface area contributed by atoms with E-state index >= 15 is 0 Å². The molecule has 2 aromatic heterocycles. The van der Waals surface area contributed by atoms with E-state index in [9.17, 15) is 8.42 Å². The van der Waals surface area contributed by atoms with Crippen molar-refractivity contribution in [2.24, 2.45) is 0 Å². The van der Waals surface area contributed by atoms with E-state index in [1.165, 1.54) is 0 Å². The van der Waals surface area contributed by atoms with Crippen LogP contribution < -0.4 is 4.72 Å². The van der Waals surface area contributed by atoms with Crippen molar-refractivity contribution in [1.82, 2.24) is 15.0 Å². The van der Waals surface area contributed by atoms with Gasteiger partial charge in [0.1, 0.15) is 11.3 Å². The largest absolute Gasteiger partial charge is 0.266 e. The summed E-state index contributed by atoms with van der Waals surface area (Å²) in [4.78, 5) is 11.3. The van der Waals surface area contributed by atoms with Crippen molar-refractivity contribution >= 4 is 39.0 Å². The third-order valence-electron chi connectivity index (χ3n) is 2.41. The molecule has 9 heteroatoms. The lowest BCUT2D eigenvalue weighted by Gasteiger charge is -2.08. The predicted octanol–water partition coefficient (Wildman–Crippen LogP) is 2.16. The summed E-state index contributed by atoms with van der Waals surface area (Å²) < 4.78 is 26.2. The van der Waals surface area contributed by atoms with Crippen LogP contribution in [-0.4, -0.2) is 29.1 Å². The standard InChI is InChI=1S/C11H10Cl2N4O2S/c12-9-10(13)15-7-16-11(9)17-20(18,19)6-3-8-1-4-14-5-2-8/h1-2,4-5,7H,3,6H2,(H,15,16,17). The number of rotatable bonds is 5. The van der Waals surface area contributed by atoms with Gasteiger partial charge in [0.05, 0.1) is 5.75 Å². The Hall–Kier alpha value is -1.44. The molecule has 20 heavy (non-hydrogen) atoms. The highest BCUT2D eigenvalue weighted by atomic mass is 35.5. The van der Waals surface area contributed by atoms with E-state index in [1.807, 2.05) is 0 Å². The summed E-state index contributed by atoms with van der Waals surface area (Å²) in [5.41, 5.74) is 0.872. The van der Waals surface area contributed by atoms with Crippen LogP contribution >= 0.6 is 23.2 Å². The average molecular weight is 333 g/mol. The van der Waals surface area contributed by atoms with E-state index in [0.717, 1.165) is 11.9 Å². The van der Waals surface area contributed by atoms with Crippen molar-refractivity contribution in [2.45, 2.75) is 6.42 Å². The first-order chi connectivity index (χ1) is 9.48. The SMILES string of the molecule is O=S(=O)(CCc1ccncc1)Nc1ncnc(Cl)c1Cl. The number of pyridine rings is 1. The molecule has 0 radical (unpaired) electrons. The maximum atomic E-state index is 11.9. The fraction of sp³-hybridized carbons (Fsp3) is 0.182. The van der Waals surface area contributed by atoms with Crippen LogP contribution in [0, 0.1) is 0 Å². The zero-order valence-electron chi connectivity index (χ0n) is 10.1. The normalized spacial score (nSPS) is 11.3. The number of sulfonamides is 1. The zero-order chi connectivity index (χ0) is 14.6. The van der Waals surface area contributed by atoms with Crippen LogP contribution in [0.2, 0.25) is 10.2 Å². The number of halogens is 2. The van der Waals surface area contributed by atoms with Gasteiger partial charge in [0.2, 0.25) is 10.0 Å². The van der Waals surface area contributed by atoms with Crippen LogP contribution in [0.1, 0.15) is 5.56 Å². The van der Waals surface area contributed by atoms with Gasteiger partial charge >= 0.3 is 0 Å². The Kier molecular flexibility index (Phi) is 4.74. The Bertz CT molecular complexity index is 695. The smallest absolute Gasteiger partial charge is 0.234 e. The highest BCUT2D eigenvalue weighted by Gasteiger charge is 2.15. The molecule has 0 amide bonds. The van der Waals surface area contributed by atoms with E-state index in [1.54, 1.807) is 24.5 Å². The van der Waals surface area contributed by atoms with E-state index in [4.69, 9.17) is 23.2 Å². The third kappa shape index (κ3) is 4.03. The van der Waals surface area contributed by atoms with Gasteiger partial charge in [0.25, 0.3) is 0 Å². The highest BCUT2D eigenvalue weighted by Crippen LogP contribution is 2.26. The van der Waals surface area contributed by atoms with Gasteiger partial charge in [-0.3, -0.25) is 9.71 Å². The van der Waals surface area contributed by atoms with Gasteiger partial charge in [-0.25, -0.2) is 18.4 Å². The molecule has 0 fully saturated rings. The molecule has 0 atom stereocenters. The van der Waals surface area contributed by atoms with Gasteiger partial charge < -0.3 is 0 Å². The topological polar surface area (TPSA) is 84.8 Å². The van der Waals surface area contributed by atoms with Gasteiger partial charge in [0.15, 0.2) is 11.0 Å². The second kappa shape index (κ2) is 6.34. The fourth-order valence-corrected chi connectivity index (χ4v) is 2.81. The molecule has 1 N–H and O–H groups in total. The fourth-order valence-electron chi connectivity index (χ4n) is 1.42. The van der Waals surface area contributed by atoms with E-state index in [2.05, 4.69) is 19.7 Å². The molecular formula is C11H10Cl2N4O2S. The number of hydrogen-bond donors (Lipinski definition) is 1. The molecule has 0 aliphatic heterocycles. The molecule has 0 unspecified atom stereocenters. The van der Waals surface area contributed by atoms with Crippen LogP contribution in [0.4, 0.5) is 5.82 Å². The third-order valence-corrected chi connectivity index (χ3v) is 4.40. The maximum absolute atomic E-state index is 11.9. The monoisotopic (exact) mass is 332 g/mol. The van der Waals surface area contributed by atoms with Crippen LogP contribution in [-0.2, 0) is 16.4 Å². The summed E-state index contributed by atoms with van der Waals surface area (Å²) in [5, 5.41) is -0.0323. The van der Waals surface area contributed by atoms with Crippen molar-refractivity contribution in [3.05, 3.63) is 46.6 Å². The van der Waals surface area contributed by atoms with Gasteiger partial charge in [-0.2, -0.15) is 0 Å². The highest BCUT2D eigenvalue weighted by molar-refractivity contribution is 7.92. The Morgan fingerprint density at radius 3 is 2.55 bits per heavy atom. The Morgan fingerprint density at radius 2 is 1.85 bits per heavy atom. The molecule has 0 saturated carbocycles. The first kappa shape index (κ1) is 15.0. The first-order valence-electron chi connectivity index (χ1n) is 5.53. The molecule has 0 aliphatic rings. The summed E-state index contributed by atoms with van der Waals surface area (Å²) in [6.07, 6.45) is 4.70. The van der Waals surface area contributed by atoms with Gasteiger partial charge in [-0.1, -0.05) is 23.2 Å². The van der Waals surface area contributed by atoms with Crippen molar-refractivity contribution in [3.8, 4) is 0 Å². The quantitative estimate of drug-likeness (QED) is 0.848. The number of nitrogens with zero attached hydrogens (tertiary/aromatic N) is 3. The number of anilines is 1. The van der Waals surface area contributed by atoms with E-state index in [-0.39, 0.29) is 21.7 Å². The minimum absolute atomic E-state index is 0.00602. The maximum Gasteiger partial charge on any atom is 0.234 e. The predicted molar refractivity (Wildman–Crippen MR) is 77.4 cm³/mol. The molecule has 0 saturated heterocycles. The summed E-state index contributed by atoms with van der Waals surface area (Å²) in [5.74, 6) is -0.129. The van der Waals surface area contributed by atoms with E-state index < -0.39 is 10.0 Å². The lowest BCUT2D eigenvalue weighted by Crippen LogP contribution is -2.19. The van der Waals surface area contributed by atoms with Crippen LogP contribution in [0.5, 0.6) is 0 Å². The van der Waals surface area contributed by atoms with Crippen LogP contribution in [0.25, 0.3) is 0 Å². The molecule has 0 aliphatic carbocycles. The molecule has 2 rings (SSSR count). The summed E-state index contributed by atoms with van der Waals surface area (Å²) in [7, 11) is -3.58. The number of hydrogen-bond acceptors (Lipinski definition) is 5. The Labute approximate surface area is 126 Å². The van der Waals surface area contributed by atoms with Gasteiger partial charge in [0, 0.05) is 12.4 Å². The molecule has 0 spiro atoms. The molecule has 106 valence electrons.